The average Bonchev–Trinajstić information content (AvgIpc) is 3.41. The van der Waals surface area contributed by atoms with Crippen molar-refractivity contribution in [3.63, 3.8) is 0 Å². The molecule has 0 radical (unpaired) electrons. The second-order valence-electron chi connectivity index (χ2n) is 10.7. The van der Waals surface area contributed by atoms with Crippen LogP contribution in [0.1, 0.15) is 49.9 Å². The molecule has 1 fully saturated rings. The highest BCUT2D eigenvalue weighted by atomic mass is 16.5. The summed E-state index contributed by atoms with van der Waals surface area (Å²) in [6, 6.07) is 21.6. The Bertz CT molecular complexity index is 1520. The second-order valence-corrected chi connectivity index (χ2v) is 10.7. The number of hydrogen-bond acceptors (Lipinski definition) is 7. The van der Waals surface area contributed by atoms with Gasteiger partial charge in [-0.15, -0.1) is 0 Å². The first kappa shape index (κ1) is 28.9. The number of esters is 1. The summed E-state index contributed by atoms with van der Waals surface area (Å²) in [6.07, 6.45) is 5.40. The summed E-state index contributed by atoms with van der Waals surface area (Å²) in [7, 11) is 1.58. The first-order valence-corrected chi connectivity index (χ1v) is 14.4. The third-order valence-electron chi connectivity index (χ3n) is 7.62. The monoisotopic (exact) mass is 568 g/mol. The zero-order valence-corrected chi connectivity index (χ0v) is 24.2. The lowest BCUT2D eigenvalue weighted by atomic mass is 10.1. The van der Waals surface area contributed by atoms with E-state index >= 15 is 0 Å². The van der Waals surface area contributed by atoms with Gasteiger partial charge in [-0.05, 0) is 80.1 Å². The molecule has 1 N–H and O–H groups in total. The molecule has 3 aromatic carbocycles. The molecule has 5 rings (SSSR count). The normalized spacial score (nSPS) is 16.9. The molecular formula is C34H36N2O6. The number of amides is 1. The van der Waals surface area contributed by atoms with Gasteiger partial charge in [-0.1, -0.05) is 32.0 Å². The first-order valence-electron chi connectivity index (χ1n) is 14.4. The van der Waals surface area contributed by atoms with Gasteiger partial charge in [0.05, 0.1) is 25.2 Å². The van der Waals surface area contributed by atoms with E-state index in [9.17, 15) is 9.59 Å². The van der Waals surface area contributed by atoms with E-state index in [0.717, 1.165) is 24.6 Å². The molecule has 0 spiro atoms. The quantitative estimate of drug-likeness (QED) is 0.188. The molecule has 1 aliphatic rings. The molecule has 1 heterocycles. The number of carbonyl (C=O) groups is 2. The molecule has 1 aliphatic carbocycles. The zero-order valence-electron chi connectivity index (χ0n) is 24.2. The summed E-state index contributed by atoms with van der Waals surface area (Å²) in [6.45, 7) is 4.35. The molecular weight excluding hydrogens is 532 g/mol. The van der Waals surface area contributed by atoms with Crippen molar-refractivity contribution in [3.05, 3.63) is 84.6 Å². The molecule has 1 saturated carbocycles. The predicted octanol–water partition coefficient (Wildman–Crippen LogP) is 7.42. The summed E-state index contributed by atoms with van der Waals surface area (Å²) in [5.74, 6) is 2.09. The number of rotatable bonds is 11. The van der Waals surface area contributed by atoms with Gasteiger partial charge in [0, 0.05) is 28.9 Å². The summed E-state index contributed by atoms with van der Waals surface area (Å²) in [4.78, 5) is 29.5. The number of nitrogens with zero attached hydrogens (tertiary/aromatic N) is 1. The largest absolute Gasteiger partial charge is 0.493 e. The minimum absolute atomic E-state index is 0.0300. The minimum Gasteiger partial charge on any atom is -0.493 e. The van der Waals surface area contributed by atoms with Crippen LogP contribution in [0, 0.1) is 11.8 Å². The Balaban J connectivity index is 1.22. The van der Waals surface area contributed by atoms with Crippen LogP contribution in [-0.4, -0.2) is 36.7 Å². The molecule has 3 atom stereocenters. The number of ether oxygens (including phenoxy) is 4. The zero-order chi connectivity index (χ0) is 29.5. The predicted molar refractivity (Wildman–Crippen MR) is 161 cm³/mol. The fourth-order valence-corrected chi connectivity index (χ4v) is 5.03. The van der Waals surface area contributed by atoms with Crippen molar-refractivity contribution in [2.24, 2.45) is 11.8 Å². The van der Waals surface area contributed by atoms with Crippen molar-refractivity contribution >= 4 is 28.5 Å². The minimum atomic E-state index is -0.263. The van der Waals surface area contributed by atoms with E-state index in [-0.39, 0.29) is 23.9 Å². The van der Waals surface area contributed by atoms with Gasteiger partial charge >= 0.3 is 5.97 Å². The summed E-state index contributed by atoms with van der Waals surface area (Å²) >= 11 is 0. The number of pyridine rings is 1. The molecule has 8 nitrogen and oxygen atoms in total. The molecule has 0 bridgehead atoms. The molecule has 8 heteroatoms. The fourth-order valence-electron chi connectivity index (χ4n) is 5.03. The molecule has 0 saturated heterocycles. The summed E-state index contributed by atoms with van der Waals surface area (Å²) in [5.41, 5.74) is 1.93. The van der Waals surface area contributed by atoms with Crippen LogP contribution in [0.25, 0.3) is 10.9 Å². The maximum atomic E-state index is 12.6. The van der Waals surface area contributed by atoms with Crippen molar-refractivity contribution in [2.45, 2.75) is 45.6 Å². The van der Waals surface area contributed by atoms with Gasteiger partial charge in [-0.2, -0.15) is 0 Å². The van der Waals surface area contributed by atoms with Crippen molar-refractivity contribution in [3.8, 4) is 23.0 Å². The number of benzene rings is 3. The van der Waals surface area contributed by atoms with Gasteiger partial charge in [-0.3, -0.25) is 14.6 Å². The fraction of sp³-hybridized carbons (Fsp3) is 0.324. The van der Waals surface area contributed by atoms with Gasteiger partial charge in [0.2, 0.25) is 0 Å². The Morgan fingerprint density at radius 1 is 0.976 bits per heavy atom. The molecule has 1 amide bonds. The molecule has 218 valence electrons. The van der Waals surface area contributed by atoms with Crippen LogP contribution >= 0.6 is 0 Å². The van der Waals surface area contributed by atoms with E-state index in [1.54, 1.807) is 55.8 Å². The van der Waals surface area contributed by atoms with E-state index in [2.05, 4.69) is 17.2 Å². The highest BCUT2D eigenvalue weighted by molar-refractivity contribution is 6.04. The van der Waals surface area contributed by atoms with Crippen molar-refractivity contribution in [2.75, 3.05) is 19.0 Å². The molecule has 42 heavy (non-hydrogen) atoms. The van der Waals surface area contributed by atoms with Crippen LogP contribution in [0.2, 0.25) is 0 Å². The average molecular weight is 569 g/mol. The van der Waals surface area contributed by atoms with Crippen LogP contribution in [0.5, 0.6) is 23.0 Å². The Morgan fingerprint density at radius 3 is 2.48 bits per heavy atom. The molecule has 4 aromatic rings. The van der Waals surface area contributed by atoms with Gasteiger partial charge in [0.25, 0.3) is 5.91 Å². The van der Waals surface area contributed by atoms with Gasteiger partial charge < -0.3 is 24.3 Å². The van der Waals surface area contributed by atoms with Crippen LogP contribution in [0.3, 0.4) is 0 Å². The molecule has 1 aromatic heterocycles. The van der Waals surface area contributed by atoms with Gasteiger partial charge in [-0.25, -0.2) is 0 Å². The lowest BCUT2D eigenvalue weighted by Gasteiger charge is -2.19. The van der Waals surface area contributed by atoms with Crippen molar-refractivity contribution in [1.82, 2.24) is 4.98 Å². The number of hydrogen-bond donors (Lipinski definition) is 1. The second kappa shape index (κ2) is 13.4. The van der Waals surface area contributed by atoms with Crippen LogP contribution in [-0.2, 0) is 9.53 Å². The van der Waals surface area contributed by atoms with Gasteiger partial charge in [0.1, 0.15) is 17.6 Å². The summed E-state index contributed by atoms with van der Waals surface area (Å²) < 4.78 is 23.6. The number of carbonyl (C=O) groups excluding carboxylic acids is 2. The number of aromatic nitrogens is 1. The van der Waals surface area contributed by atoms with E-state index in [0.29, 0.717) is 58.7 Å². The van der Waals surface area contributed by atoms with Crippen molar-refractivity contribution < 1.29 is 28.5 Å². The number of fused-ring (bicyclic) bond motifs is 1. The Morgan fingerprint density at radius 2 is 1.76 bits per heavy atom. The molecule has 2 unspecified atom stereocenters. The number of anilines is 1. The standard InChI is InChI=1S/C34H36N2O6/c1-22-8-7-11-29(22)42-34(38)23(2)17-19-40-32-21-28-27(20-31(32)39-3)30(16-18-35-28)41-26-14-12-25(13-15-26)36-33(37)24-9-5-4-6-10-24/h4-6,9-10,12-16,18,20-23,29H,7-8,11,17,19H2,1-3H3,(H,36,37)/t22?,23-,29?/m0/s1. The third kappa shape index (κ3) is 7.00. The lowest BCUT2D eigenvalue weighted by Crippen LogP contribution is -2.25. The van der Waals surface area contributed by atoms with Crippen LogP contribution in [0.15, 0.2) is 79.0 Å². The third-order valence-corrected chi connectivity index (χ3v) is 7.62. The smallest absolute Gasteiger partial charge is 0.309 e. The summed E-state index contributed by atoms with van der Waals surface area (Å²) in [5, 5.41) is 3.64. The van der Waals surface area contributed by atoms with E-state index in [4.69, 9.17) is 18.9 Å². The number of methoxy groups -OCH3 is 1. The highest BCUT2D eigenvalue weighted by Crippen LogP contribution is 2.37. The SMILES string of the molecule is COc1cc2c(Oc3ccc(NC(=O)c4ccccc4)cc3)ccnc2cc1OCC[C@H](C)C(=O)OC1CCCC1C. The van der Waals surface area contributed by atoms with E-state index in [1.807, 2.05) is 37.3 Å². The highest BCUT2D eigenvalue weighted by Gasteiger charge is 2.28. The Labute approximate surface area is 246 Å². The maximum Gasteiger partial charge on any atom is 0.309 e. The number of nitrogens with one attached hydrogen (secondary N) is 1. The van der Waals surface area contributed by atoms with Crippen LogP contribution < -0.4 is 19.5 Å². The Hall–Kier alpha value is -4.59. The first-order chi connectivity index (χ1) is 20.4. The van der Waals surface area contributed by atoms with E-state index in [1.165, 1.54) is 0 Å². The van der Waals surface area contributed by atoms with E-state index < -0.39 is 0 Å². The maximum absolute atomic E-state index is 12.6. The Kier molecular flexibility index (Phi) is 9.21. The lowest BCUT2D eigenvalue weighted by molar-refractivity contribution is -0.155. The topological polar surface area (TPSA) is 96.0 Å². The van der Waals surface area contributed by atoms with Crippen molar-refractivity contribution in [1.29, 1.82) is 0 Å². The van der Waals surface area contributed by atoms with Gasteiger partial charge in [0.15, 0.2) is 11.5 Å². The molecule has 0 aliphatic heterocycles. The van der Waals surface area contributed by atoms with Crippen LogP contribution in [0.4, 0.5) is 5.69 Å².